The Morgan fingerprint density at radius 3 is 1.66 bits per heavy atom. The number of carbonyl (C=O) groups excluding carboxylic acids is 15. The summed E-state index contributed by atoms with van der Waals surface area (Å²) < 4.78 is 0. The van der Waals surface area contributed by atoms with Crippen molar-refractivity contribution in [1.29, 1.82) is 0 Å². The van der Waals surface area contributed by atoms with Crippen LogP contribution >= 0.6 is 0 Å². The minimum Gasteiger partial charge on any atom is -0.481 e. The molecule has 4 heterocycles. The Labute approximate surface area is 669 Å². The fourth-order valence-electron chi connectivity index (χ4n) is 13.2. The smallest absolute Gasteiger partial charge is 0.305 e. The first-order chi connectivity index (χ1) is 55.7. The monoisotopic (exact) mass is 1640 g/mol. The number of benzene rings is 2. The van der Waals surface area contributed by atoms with Gasteiger partial charge in [0.15, 0.2) is 0 Å². The first kappa shape index (κ1) is 93.2. The highest BCUT2D eigenvalue weighted by Crippen LogP contribution is 2.24. The minimum atomic E-state index is -2.28. The molecule has 0 spiro atoms. The summed E-state index contributed by atoms with van der Waals surface area (Å²) in [5.74, 6) is -25.0. The maximum absolute atomic E-state index is 15.6. The summed E-state index contributed by atoms with van der Waals surface area (Å²) >= 11 is 0. The molecule has 2 fully saturated rings. The molecule has 0 radical (unpaired) electrons. The van der Waals surface area contributed by atoms with E-state index in [1.807, 2.05) is 5.32 Å². The summed E-state index contributed by atoms with van der Waals surface area (Å²) in [6, 6.07) is -9.33. The van der Waals surface area contributed by atoms with Gasteiger partial charge in [0.05, 0.1) is 38.8 Å². The molecule has 42 nitrogen and oxygen atoms in total. The number of hydrogen-bond donors (Lipinski definition) is 22. The summed E-state index contributed by atoms with van der Waals surface area (Å²) in [6.07, 6.45) is 1.96. The lowest BCUT2D eigenvalue weighted by Gasteiger charge is -2.38. The van der Waals surface area contributed by atoms with Crippen molar-refractivity contribution in [3.05, 3.63) is 72.1 Å². The Hall–Kier alpha value is -12.6. The average molecular weight is 1640 g/mol. The van der Waals surface area contributed by atoms with Gasteiger partial charge in [0.1, 0.15) is 72.5 Å². The lowest BCUT2D eigenvalue weighted by atomic mass is 9.98. The number of primary amides is 1. The van der Waals surface area contributed by atoms with Gasteiger partial charge in [0.25, 0.3) is 0 Å². The highest BCUT2D eigenvalue weighted by Gasteiger charge is 2.42. The third-order valence-corrected chi connectivity index (χ3v) is 19.4. The Kier molecular flexibility index (Phi) is 37.2. The number of amides is 15. The number of rotatable bonds is 34. The van der Waals surface area contributed by atoms with Gasteiger partial charge in [-0.2, -0.15) is 0 Å². The summed E-state index contributed by atoms with van der Waals surface area (Å²) in [7, 11) is 0. The number of carboxylic acids is 4. The predicted octanol–water partition coefficient (Wildman–Crippen LogP) is -4.55. The fraction of sp³-hybridized carbons (Fsp3) is 0.533. The van der Waals surface area contributed by atoms with E-state index in [1.165, 1.54) is 6.20 Å². The maximum Gasteiger partial charge on any atom is 0.305 e. The number of hydrogen-bond acceptors (Lipinski definition) is 21. The zero-order chi connectivity index (χ0) is 86.0. The number of carboxylic acid groups (broad SMARTS) is 4. The lowest BCUT2D eigenvalue weighted by molar-refractivity contribution is -0.146. The van der Waals surface area contributed by atoms with Gasteiger partial charge in [-0.15, -0.1) is 0 Å². The molecular formula is C75H104N18O24. The van der Waals surface area contributed by atoms with E-state index in [2.05, 4.69) is 80.7 Å². The highest BCUT2D eigenvalue weighted by atomic mass is 16.4. The summed E-state index contributed by atoms with van der Waals surface area (Å²) in [5, 5.41) is 81.2. The van der Waals surface area contributed by atoms with Crippen molar-refractivity contribution < 1.29 is 117 Å². The molecule has 24 N–H and O–H groups in total. The fourth-order valence-corrected chi connectivity index (χ4v) is 13.2. The van der Waals surface area contributed by atoms with Crippen LogP contribution in [0, 0.1) is 0 Å². The molecule has 2 saturated heterocycles. The van der Waals surface area contributed by atoms with Crippen LogP contribution in [0.15, 0.2) is 60.9 Å². The molecule has 15 amide bonds. The van der Waals surface area contributed by atoms with E-state index in [0.717, 1.165) is 43.9 Å². The number of para-hydroxylation sites is 2. The molecule has 0 saturated carbocycles. The molecule has 117 heavy (non-hydrogen) atoms. The minimum absolute atomic E-state index is 0.00614. The number of aliphatic hydroxyl groups excluding tert-OH is 1. The second kappa shape index (κ2) is 46.7. The number of aliphatic carboxylic acids is 4. The normalized spacial score (nSPS) is 21.5. The SMILES string of the molecule is CCCCCCCCCC(=O)N[C@@H](Cc1c[nH]c2ccccc12)C(=O)N[C@H](CC(N)=O)C(=O)N[C@@H](CC(=O)O)C(=O)N[C@H]1CNC(=O)[C@@H](Cc2c[nH]c3ccccc23)NC(=O)[C@H](CCC(=O)O)NC(=O)[C@@H](CO)NC(=O)CNC(=O)[C@H](CC(=O)O)NC(=O)[C@@H](C)NC(=O)[C@H](CC(=O)O)NC(=O)[C@H](CCCN)NC(=O)[C@H]2CCCCN2C1=O. The molecule has 12 atom stereocenters. The first-order valence-corrected chi connectivity index (χ1v) is 38.4. The van der Waals surface area contributed by atoms with Crippen LogP contribution in [0.25, 0.3) is 21.8 Å². The first-order valence-electron chi connectivity index (χ1n) is 38.4. The molecule has 0 bridgehead atoms. The van der Waals surface area contributed by atoms with Crippen molar-refractivity contribution in [2.45, 2.75) is 221 Å². The van der Waals surface area contributed by atoms with Gasteiger partial charge in [0.2, 0.25) is 88.6 Å². The number of aromatic amines is 2. The van der Waals surface area contributed by atoms with Crippen molar-refractivity contribution >= 4 is 134 Å². The van der Waals surface area contributed by atoms with E-state index >= 15 is 14.4 Å². The summed E-state index contributed by atoms with van der Waals surface area (Å²) in [4.78, 5) is 270. The van der Waals surface area contributed by atoms with Crippen LogP contribution in [-0.2, 0) is 104 Å². The molecule has 42 heteroatoms. The van der Waals surface area contributed by atoms with Gasteiger partial charge in [-0.1, -0.05) is 81.8 Å². The Morgan fingerprint density at radius 2 is 1.05 bits per heavy atom. The van der Waals surface area contributed by atoms with Crippen LogP contribution in [0.4, 0.5) is 0 Å². The van der Waals surface area contributed by atoms with Gasteiger partial charge in [-0.05, 0) is 81.7 Å². The van der Waals surface area contributed by atoms with E-state index in [1.54, 1.807) is 54.7 Å². The molecule has 4 aromatic rings. The molecule has 2 aliphatic heterocycles. The number of nitrogens with two attached hydrogens (primary N) is 2. The van der Waals surface area contributed by atoms with Crippen molar-refractivity contribution in [3.63, 3.8) is 0 Å². The molecule has 2 aromatic heterocycles. The number of nitrogens with one attached hydrogen (secondary N) is 15. The van der Waals surface area contributed by atoms with Crippen molar-refractivity contribution in [2.24, 2.45) is 11.5 Å². The number of H-pyrrole nitrogens is 2. The molecule has 0 aliphatic carbocycles. The third-order valence-electron chi connectivity index (χ3n) is 19.4. The Morgan fingerprint density at radius 1 is 0.521 bits per heavy atom. The van der Waals surface area contributed by atoms with Crippen LogP contribution in [0.5, 0.6) is 0 Å². The van der Waals surface area contributed by atoms with Crippen molar-refractivity contribution in [3.8, 4) is 0 Å². The number of unbranched alkanes of at least 4 members (excludes halogenated alkanes) is 6. The second-order valence-electron chi connectivity index (χ2n) is 28.5. The van der Waals surface area contributed by atoms with E-state index in [0.29, 0.717) is 45.8 Å². The maximum atomic E-state index is 15.6. The highest BCUT2D eigenvalue weighted by molar-refractivity contribution is 6.02. The van der Waals surface area contributed by atoms with Gasteiger partial charge in [-0.3, -0.25) is 91.1 Å². The van der Waals surface area contributed by atoms with E-state index in [9.17, 15) is 102 Å². The van der Waals surface area contributed by atoms with Gasteiger partial charge in [0, 0.05) is 73.0 Å². The number of carbonyl (C=O) groups is 19. The number of aromatic nitrogens is 2. The number of piperidine rings is 1. The van der Waals surface area contributed by atoms with Crippen LogP contribution < -0.4 is 80.6 Å². The number of fused-ring (bicyclic) bond motifs is 3. The van der Waals surface area contributed by atoms with E-state index in [4.69, 9.17) is 11.5 Å². The molecule has 638 valence electrons. The molecule has 6 rings (SSSR count). The van der Waals surface area contributed by atoms with Crippen molar-refractivity contribution in [2.75, 3.05) is 32.8 Å². The van der Waals surface area contributed by atoms with Crippen LogP contribution in [0.2, 0.25) is 0 Å². The van der Waals surface area contributed by atoms with Crippen LogP contribution in [0.3, 0.4) is 0 Å². The quantitative estimate of drug-likeness (QED) is 0.0196. The van der Waals surface area contributed by atoms with E-state index in [-0.39, 0.29) is 58.0 Å². The van der Waals surface area contributed by atoms with Crippen molar-refractivity contribution in [1.82, 2.24) is 84.0 Å². The number of aliphatic hydroxyl groups is 1. The molecular weight excluding hydrogens is 1540 g/mol. The van der Waals surface area contributed by atoms with Gasteiger partial charge < -0.3 is 121 Å². The summed E-state index contributed by atoms with van der Waals surface area (Å²) in [6.45, 7) is -0.813. The molecule has 2 aliphatic rings. The summed E-state index contributed by atoms with van der Waals surface area (Å²) in [5.41, 5.74) is 13.5. The second-order valence-corrected chi connectivity index (χ2v) is 28.5. The van der Waals surface area contributed by atoms with Crippen LogP contribution in [-0.4, -0.2) is 258 Å². The topological polar surface area (TPSA) is 669 Å². The van der Waals surface area contributed by atoms with Gasteiger partial charge in [-0.25, -0.2) is 0 Å². The zero-order valence-corrected chi connectivity index (χ0v) is 64.7. The third kappa shape index (κ3) is 29.9. The zero-order valence-electron chi connectivity index (χ0n) is 64.7. The van der Waals surface area contributed by atoms with E-state index < -0.39 is 250 Å². The predicted molar refractivity (Wildman–Crippen MR) is 412 cm³/mol. The molecule has 2 aromatic carbocycles. The largest absolute Gasteiger partial charge is 0.481 e. The number of nitrogens with zero attached hydrogens (tertiary/aromatic N) is 1. The van der Waals surface area contributed by atoms with Gasteiger partial charge >= 0.3 is 23.9 Å². The average Bonchev–Trinajstić information content (AvgIpc) is 1.49. The van der Waals surface area contributed by atoms with Crippen LogP contribution in [0.1, 0.15) is 147 Å². The Balaban J connectivity index is 1.42. The Bertz CT molecular complexity index is 4260. The molecule has 0 unspecified atom stereocenters. The lowest BCUT2D eigenvalue weighted by Crippen LogP contribution is -2.64. The standard InChI is InChI=1S/C75H104N18O24/c1-3-4-5-6-7-8-9-23-58(96)83-49(29-41-35-79-45-20-13-11-18-43(41)45)70(112)89-50(30-57(77)95)71(113)91-53(33-63(104)105)72(114)92-54-36-80-65(107)48(28-40-34-78-44-19-12-10-17-42(40)44)88-68(110)47(24-25-60(98)99)85-73(115)55(38-94)84-59(97)37-81-66(108)51(31-61(100)101)87-64(106)39(2)82-69(111)52(32-62(102)103)90-67(109)46(21-16-26-76)86-74(116)56-22-14-15-27-93(56)75(54)117/h10-13,17-20,34-35,39,46-56,78-79,94H,3-9,14-16,21-33,36-38,76H2,1-2H3,(H2,77,95)(H,80,107)(H,81,108)(H,82,111)(H,83,96)(H,84,97)(H,85,115)(H,86,116)(H,87,106)(H,88,110)(H,89,112)(H,90,109)(H,91,113)(H,92,114)(H,98,99)(H,100,101)(H,102,103)(H,104,105)/t39-,46+,47+,48-,49+,50-,51+,52+,53+,54+,55-,56-/m1/s1.